The SMILES string of the molecule is FC(F)(F)c1ccc(-c2ccc(-c3cccc(-c4ccc(-c5ccc(C(F)(F)F)cc5)cc4)c3)cc2)cc1. The van der Waals surface area contributed by atoms with Crippen LogP contribution in [0.1, 0.15) is 11.1 Å². The fraction of sp³-hybridized carbons (Fsp3) is 0.0625. The van der Waals surface area contributed by atoms with Gasteiger partial charge in [0.05, 0.1) is 11.1 Å². The van der Waals surface area contributed by atoms with Crippen LogP contribution >= 0.6 is 0 Å². The third-order valence-corrected chi connectivity index (χ3v) is 6.39. The van der Waals surface area contributed by atoms with Crippen LogP contribution in [0, 0.1) is 0 Å². The molecule has 0 nitrogen and oxygen atoms in total. The minimum atomic E-state index is -4.37. The Bertz CT molecular complexity index is 1410. The Morgan fingerprint density at radius 2 is 0.526 bits per heavy atom. The molecule has 0 aliphatic heterocycles. The predicted octanol–water partition coefficient (Wildman–Crippen LogP) is 10.4. The van der Waals surface area contributed by atoms with Crippen LogP contribution in [0.5, 0.6) is 0 Å². The lowest BCUT2D eigenvalue weighted by atomic mass is 9.96. The molecular weight excluding hydrogens is 498 g/mol. The van der Waals surface area contributed by atoms with Gasteiger partial charge in [-0.2, -0.15) is 26.3 Å². The number of alkyl halides is 6. The van der Waals surface area contributed by atoms with Crippen molar-refractivity contribution in [2.45, 2.75) is 12.4 Å². The van der Waals surface area contributed by atoms with Crippen LogP contribution in [-0.2, 0) is 12.4 Å². The van der Waals surface area contributed by atoms with Gasteiger partial charge in [-0.15, -0.1) is 0 Å². The van der Waals surface area contributed by atoms with E-state index < -0.39 is 23.5 Å². The quantitative estimate of drug-likeness (QED) is 0.208. The molecule has 0 bridgehead atoms. The molecule has 6 heteroatoms. The zero-order valence-corrected chi connectivity index (χ0v) is 19.8. The zero-order chi connectivity index (χ0) is 26.9. The summed E-state index contributed by atoms with van der Waals surface area (Å²) in [4.78, 5) is 0. The standard InChI is InChI=1S/C32H20F6/c33-31(34,35)29-16-12-23(13-17-29)21-4-8-25(9-5-21)27-2-1-3-28(20-27)26-10-6-22(7-11-26)24-14-18-30(19-15-24)32(36,37)38/h1-20H. The summed E-state index contributed by atoms with van der Waals surface area (Å²) in [6.07, 6.45) is -8.73. The summed E-state index contributed by atoms with van der Waals surface area (Å²) in [6.45, 7) is 0. The van der Waals surface area contributed by atoms with E-state index in [0.29, 0.717) is 11.1 Å². The van der Waals surface area contributed by atoms with Crippen molar-refractivity contribution in [3.05, 3.63) is 132 Å². The van der Waals surface area contributed by atoms with Crippen LogP contribution in [0.15, 0.2) is 121 Å². The second-order valence-corrected chi connectivity index (χ2v) is 8.89. The van der Waals surface area contributed by atoms with E-state index in [0.717, 1.165) is 57.6 Å². The highest BCUT2D eigenvalue weighted by atomic mass is 19.4. The predicted molar refractivity (Wildman–Crippen MR) is 138 cm³/mol. The lowest BCUT2D eigenvalue weighted by Crippen LogP contribution is -2.03. The van der Waals surface area contributed by atoms with Gasteiger partial charge >= 0.3 is 12.4 Å². The van der Waals surface area contributed by atoms with Crippen LogP contribution in [0.25, 0.3) is 44.5 Å². The number of rotatable bonds is 4. The second kappa shape index (κ2) is 9.86. The summed E-state index contributed by atoms with van der Waals surface area (Å²) in [6, 6.07) is 33.4. The van der Waals surface area contributed by atoms with E-state index in [9.17, 15) is 26.3 Å². The molecule has 5 rings (SSSR count). The first kappa shape index (κ1) is 25.3. The molecule has 0 N–H and O–H groups in total. The Hall–Kier alpha value is -4.32. The number of benzene rings is 5. The van der Waals surface area contributed by atoms with Crippen LogP contribution < -0.4 is 0 Å². The maximum atomic E-state index is 12.8. The summed E-state index contributed by atoms with van der Waals surface area (Å²) in [5.74, 6) is 0. The molecule has 190 valence electrons. The second-order valence-electron chi connectivity index (χ2n) is 8.89. The fourth-order valence-electron chi connectivity index (χ4n) is 4.29. The first-order valence-electron chi connectivity index (χ1n) is 11.7. The van der Waals surface area contributed by atoms with Crippen molar-refractivity contribution < 1.29 is 26.3 Å². The summed E-state index contributed by atoms with van der Waals surface area (Å²) in [5, 5.41) is 0. The Morgan fingerprint density at radius 1 is 0.289 bits per heavy atom. The average molecular weight is 519 g/mol. The number of hydrogen-bond donors (Lipinski definition) is 0. The smallest absolute Gasteiger partial charge is 0.166 e. The van der Waals surface area contributed by atoms with Gasteiger partial charge in [0.15, 0.2) is 0 Å². The van der Waals surface area contributed by atoms with Crippen molar-refractivity contribution in [1.29, 1.82) is 0 Å². The first-order valence-corrected chi connectivity index (χ1v) is 11.7. The highest BCUT2D eigenvalue weighted by molar-refractivity contribution is 5.76. The molecule has 0 saturated heterocycles. The molecule has 0 aromatic heterocycles. The maximum Gasteiger partial charge on any atom is 0.416 e. The van der Waals surface area contributed by atoms with E-state index in [1.165, 1.54) is 24.3 Å². The largest absolute Gasteiger partial charge is 0.416 e. The summed E-state index contributed by atoms with van der Waals surface area (Å²) in [7, 11) is 0. The molecule has 0 aliphatic rings. The van der Waals surface area contributed by atoms with E-state index in [1.54, 1.807) is 0 Å². The lowest BCUT2D eigenvalue weighted by molar-refractivity contribution is -0.138. The number of hydrogen-bond acceptors (Lipinski definition) is 0. The topological polar surface area (TPSA) is 0 Å². The van der Waals surface area contributed by atoms with E-state index in [-0.39, 0.29) is 0 Å². The van der Waals surface area contributed by atoms with Gasteiger partial charge in [-0.25, -0.2) is 0 Å². The van der Waals surface area contributed by atoms with Crippen LogP contribution in [0.2, 0.25) is 0 Å². The van der Waals surface area contributed by atoms with Gasteiger partial charge in [0, 0.05) is 0 Å². The summed E-state index contributed by atoms with van der Waals surface area (Å²) < 4.78 is 77.0. The zero-order valence-electron chi connectivity index (χ0n) is 19.8. The average Bonchev–Trinajstić information content (AvgIpc) is 2.92. The van der Waals surface area contributed by atoms with Crippen LogP contribution in [0.4, 0.5) is 26.3 Å². The van der Waals surface area contributed by atoms with Gasteiger partial charge in [-0.05, 0) is 74.8 Å². The molecule has 0 atom stereocenters. The van der Waals surface area contributed by atoms with Crippen LogP contribution in [-0.4, -0.2) is 0 Å². The molecule has 0 heterocycles. The molecule has 0 unspecified atom stereocenters. The maximum absolute atomic E-state index is 12.8. The van der Waals surface area contributed by atoms with E-state index in [1.807, 2.05) is 72.8 Å². The van der Waals surface area contributed by atoms with Crippen molar-refractivity contribution in [1.82, 2.24) is 0 Å². The molecule has 0 saturated carbocycles. The summed E-state index contributed by atoms with van der Waals surface area (Å²) in [5.41, 5.74) is 5.56. The number of halogens is 6. The van der Waals surface area contributed by atoms with E-state index in [2.05, 4.69) is 0 Å². The first-order chi connectivity index (χ1) is 18.1. The van der Waals surface area contributed by atoms with Crippen molar-refractivity contribution in [3.63, 3.8) is 0 Å². The molecule has 5 aromatic rings. The van der Waals surface area contributed by atoms with Gasteiger partial charge in [0.25, 0.3) is 0 Å². The van der Waals surface area contributed by atoms with Gasteiger partial charge in [-0.3, -0.25) is 0 Å². The molecular formula is C32H20F6. The molecule has 0 spiro atoms. The van der Waals surface area contributed by atoms with E-state index >= 15 is 0 Å². The highest BCUT2D eigenvalue weighted by Crippen LogP contribution is 2.34. The summed E-state index contributed by atoms with van der Waals surface area (Å²) >= 11 is 0. The molecule has 38 heavy (non-hydrogen) atoms. The van der Waals surface area contributed by atoms with Gasteiger partial charge in [0.1, 0.15) is 0 Å². The van der Waals surface area contributed by atoms with Crippen molar-refractivity contribution in [2.75, 3.05) is 0 Å². The Labute approximate surface area is 215 Å². The van der Waals surface area contributed by atoms with Crippen molar-refractivity contribution >= 4 is 0 Å². The van der Waals surface area contributed by atoms with Crippen LogP contribution in [0.3, 0.4) is 0 Å². The normalized spacial score (nSPS) is 11.9. The van der Waals surface area contributed by atoms with Gasteiger partial charge < -0.3 is 0 Å². The van der Waals surface area contributed by atoms with Crippen molar-refractivity contribution in [3.8, 4) is 44.5 Å². The minimum absolute atomic E-state index is 0.679. The molecule has 0 aliphatic carbocycles. The van der Waals surface area contributed by atoms with Gasteiger partial charge in [0.2, 0.25) is 0 Å². The van der Waals surface area contributed by atoms with E-state index in [4.69, 9.17) is 0 Å². The Kier molecular flexibility index (Phi) is 6.57. The Morgan fingerprint density at radius 3 is 0.789 bits per heavy atom. The third kappa shape index (κ3) is 5.49. The van der Waals surface area contributed by atoms with Crippen molar-refractivity contribution in [2.24, 2.45) is 0 Å². The minimum Gasteiger partial charge on any atom is -0.166 e. The third-order valence-electron chi connectivity index (χ3n) is 6.39. The lowest BCUT2D eigenvalue weighted by Gasteiger charge is -2.10. The van der Waals surface area contributed by atoms with Gasteiger partial charge in [-0.1, -0.05) is 91.0 Å². The molecule has 0 amide bonds. The molecule has 0 fully saturated rings. The highest BCUT2D eigenvalue weighted by Gasteiger charge is 2.30. The monoisotopic (exact) mass is 518 g/mol. The Balaban J connectivity index is 1.34. The molecule has 5 aromatic carbocycles. The fourth-order valence-corrected chi connectivity index (χ4v) is 4.29. The molecule has 0 radical (unpaired) electrons.